The first-order valence-corrected chi connectivity index (χ1v) is 7.99. The number of halogens is 2. The molecule has 1 atom stereocenters. The lowest BCUT2D eigenvalue weighted by molar-refractivity contribution is 0.0941. The molecule has 0 aliphatic rings. The quantitative estimate of drug-likeness (QED) is 0.821. The van der Waals surface area contributed by atoms with Gasteiger partial charge in [0.2, 0.25) is 0 Å². The number of nitrogens with zero attached hydrogens (tertiary/aromatic N) is 1. The topological polar surface area (TPSA) is 50.8 Å². The van der Waals surface area contributed by atoms with Gasteiger partial charge in [-0.2, -0.15) is 0 Å². The van der Waals surface area contributed by atoms with E-state index in [1.807, 2.05) is 31.1 Å². The van der Waals surface area contributed by atoms with E-state index in [0.717, 1.165) is 17.7 Å². The van der Waals surface area contributed by atoms with E-state index in [4.69, 9.17) is 9.47 Å². The van der Waals surface area contributed by atoms with Crippen molar-refractivity contribution < 1.29 is 23.0 Å². The highest BCUT2D eigenvalue weighted by Gasteiger charge is 2.18. The Bertz CT molecular complexity index is 781. The Morgan fingerprint density at radius 1 is 1.04 bits per heavy atom. The molecule has 0 bridgehead atoms. The Morgan fingerprint density at radius 2 is 1.73 bits per heavy atom. The van der Waals surface area contributed by atoms with E-state index >= 15 is 0 Å². The van der Waals surface area contributed by atoms with E-state index in [-0.39, 0.29) is 18.2 Å². The van der Waals surface area contributed by atoms with Crippen molar-refractivity contribution in [2.75, 3.05) is 34.9 Å². The van der Waals surface area contributed by atoms with E-state index in [1.54, 1.807) is 20.3 Å². The van der Waals surface area contributed by atoms with Gasteiger partial charge in [-0.05, 0) is 50.0 Å². The van der Waals surface area contributed by atoms with E-state index in [1.165, 1.54) is 6.07 Å². The summed E-state index contributed by atoms with van der Waals surface area (Å²) in [5.41, 5.74) is 0.979. The van der Waals surface area contributed by atoms with Crippen molar-refractivity contribution in [1.82, 2.24) is 10.2 Å². The summed E-state index contributed by atoms with van der Waals surface area (Å²) in [4.78, 5) is 14.2. The first-order valence-electron chi connectivity index (χ1n) is 7.99. The maximum absolute atomic E-state index is 13.3. The van der Waals surface area contributed by atoms with Crippen LogP contribution in [-0.4, -0.2) is 45.7 Å². The lowest BCUT2D eigenvalue weighted by Crippen LogP contribution is -2.34. The van der Waals surface area contributed by atoms with Crippen LogP contribution in [0.4, 0.5) is 8.78 Å². The number of carbonyl (C=O) groups is 1. The van der Waals surface area contributed by atoms with Gasteiger partial charge in [0.25, 0.3) is 5.91 Å². The van der Waals surface area contributed by atoms with Crippen LogP contribution in [0.2, 0.25) is 0 Å². The second-order valence-corrected chi connectivity index (χ2v) is 5.93. The Labute approximate surface area is 151 Å². The van der Waals surface area contributed by atoms with Crippen molar-refractivity contribution in [3.05, 3.63) is 59.2 Å². The number of likely N-dealkylation sites (N-methyl/N-ethyl adjacent to an activating group) is 1. The van der Waals surface area contributed by atoms with E-state index in [9.17, 15) is 13.6 Å². The third-order valence-corrected chi connectivity index (χ3v) is 4.05. The fourth-order valence-electron chi connectivity index (χ4n) is 2.59. The largest absolute Gasteiger partial charge is 0.493 e. The van der Waals surface area contributed by atoms with Gasteiger partial charge in [0.15, 0.2) is 23.1 Å². The van der Waals surface area contributed by atoms with E-state index < -0.39 is 17.5 Å². The minimum Gasteiger partial charge on any atom is -0.493 e. The number of hydrogen-bond acceptors (Lipinski definition) is 4. The lowest BCUT2D eigenvalue weighted by Gasteiger charge is -2.26. The Balaban J connectivity index is 2.15. The number of methoxy groups -OCH3 is 2. The number of carbonyl (C=O) groups excluding carboxylic acids is 1. The molecule has 1 unspecified atom stereocenters. The van der Waals surface area contributed by atoms with Gasteiger partial charge >= 0.3 is 0 Å². The maximum Gasteiger partial charge on any atom is 0.251 e. The highest BCUT2D eigenvalue weighted by Crippen LogP contribution is 2.31. The van der Waals surface area contributed by atoms with Crippen LogP contribution < -0.4 is 14.8 Å². The molecular weight excluding hydrogens is 342 g/mol. The summed E-state index contributed by atoms with van der Waals surface area (Å²) in [5.74, 6) is -1.32. The predicted molar refractivity (Wildman–Crippen MR) is 94.7 cm³/mol. The molecule has 2 aromatic carbocycles. The van der Waals surface area contributed by atoms with Crippen LogP contribution in [0.1, 0.15) is 22.0 Å². The first kappa shape index (κ1) is 19.7. The number of nitrogens with one attached hydrogen (secondary N) is 1. The van der Waals surface area contributed by atoms with Gasteiger partial charge in [0.1, 0.15) is 0 Å². The Morgan fingerprint density at radius 3 is 2.31 bits per heavy atom. The van der Waals surface area contributed by atoms with Crippen LogP contribution in [0.15, 0.2) is 36.4 Å². The average Bonchev–Trinajstić information content (AvgIpc) is 2.63. The molecule has 7 heteroatoms. The van der Waals surface area contributed by atoms with Gasteiger partial charge in [-0.25, -0.2) is 8.78 Å². The van der Waals surface area contributed by atoms with Crippen LogP contribution in [-0.2, 0) is 0 Å². The fraction of sp³-hybridized carbons (Fsp3) is 0.316. The molecule has 140 valence electrons. The molecule has 1 amide bonds. The van der Waals surface area contributed by atoms with Crippen LogP contribution >= 0.6 is 0 Å². The lowest BCUT2D eigenvalue weighted by atomic mass is 10.0. The fourth-order valence-corrected chi connectivity index (χ4v) is 2.59. The van der Waals surface area contributed by atoms with E-state index in [0.29, 0.717) is 11.5 Å². The number of ether oxygens (including phenoxy) is 2. The zero-order valence-corrected chi connectivity index (χ0v) is 15.2. The van der Waals surface area contributed by atoms with Crippen molar-refractivity contribution in [2.45, 2.75) is 6.04 Å². The summed E-state index contributed by atoms with van der Waals surface area (Å²) in [6.45, 7) is 0.278. The summed E-state index contributed by atoms with van der Waals surface area (Å²) in [6, 6.07) is 8.43. The average molecular weight is 364 g/mol. The van der Waals surface area contributed by atoms with Gasteiger partial charge in [0, 0.05) is 12.1 Å². The Hall–Kier alpha value is -2.67. The standard InChI is InChI=1S/C19H22F2N2O3/c1-23(2)16(12-6-8-17(25-3)18(10-12)26-4)11-22-19(24)13-5-7-14(20)15(21)9-13/h5-10,16H,11H2,1-4H3,(H,22,24). The highest BCUT2D eigenvalue weighted by atomic mass is 19.2. The molecule has 0 aromatic heterocycles. The predicted octanol–water partition coefficient (Wildman–Crippen LogP) is 3.01. The molecular formula is C19H22F2N2O3. The normalized spacial score (nSPS) is 12.0. The molecule has 0 saturated carbocycles. The molecule has 0 saturated heterocycles. The molecule has 0 radical (unpaired) electrons. The molecule has 0 heterocycles. The van der Waals surface area contributed by atoms with Crippen LogP contribution in [0, 0.1) is 11.6 Å². The van der Waals surface area contributed by atoms with Gasteiger partial charge in [-0.3, -0.25) is 4.79 Å². The minimum absolute atomic E-state index is 0.0636. The smallest absolute Gasteiger partial charge is 0.251 e. The summed E-state index contributed by atoms with van der Waals surface area (Å²) >= 11 is 0. The molecule has 0 fully saturated rings. The highest BCUT2D eigenvalue weighted by molar-refractivity contribution is 5.94. The minimum atomic E-state index is -1.05. The molecule has 0 aliphatic carbocycles. The summed E-state index contributed by atoms with van der Waals surface area (Å²) in [5, 5.41) is 2.75. The number of rotatable bonds is 7. The van der Waals surface area contributed by atoms with Crippen LogP contribution in [0.25, 0.3) is 0 Å². The van der Waals surface area contributed by atoms with Crippen molar-refractivity contribution in [1.29, 1.82) is 0 Å². The number of amides is 1. The Kier molecular flexibility index (Phi) is 6.52. The van der Waals surface area contributed by atoms with Crippen LogP contribution in [0.5, 0.6) is 11.5 Å². The van der Waals surface area contributed by atoms with Gasteiger partial charge in [-0.15, -0.1) is 0 Å². The molecule has 2 rings (SSSR count). The third kappa shape index (κ3) is 4.49. The van der Waals surface area contributed by atoms with Crippen molar-refractivity contribution in [3.63, 3.8) is 0 Å². The van der Waals surface area contributed by atoms with E-state index in [2.05, 4.69) is 5.32 Å². The monoisotopic (exact) mass is 364 g/mol. The molecule has 2 aromatic rings. The second-order valence-electron chi connectivity index (χ2n) is 5.93. The number of hydrogen-bond donors (Lipinski definition) is 1. The second kappa shape index (κ2) is 8.62. The summed E-state index contributed by atoms with van der Waals surface area (Å²) in [6.07, 6.45) is 0. The van der Waals surface area contributed by atoms with Gasteiger partial charge in [0.05, 0.1) is 20.3 Å². The van der Waals surface area contributed by atoms with Gasteiger partial charge < -0.3 is 19.7 Å². The van der Waals surface area contributed by atoms with Crippen molar-refractivity contribution >= 4 is 5.91 Å². The SMILES string of the molecule is COc1ccc(C(CNC(=O)c2ccc(F)c(F)c2)N(C)C)cc1OC. The third-order valence-electron chi connectivity index (χ3n) is 4.05. The van der Waals surface area contributed by atoms with Crippen LogP contribution in [0.3, 0.4) is 0 Å². The summed E-state index contributed by atoms with van der Waals surface area (Å²) in [7, 11) is 6.87. The summed E-state index contributed by atoms with van der Waals surface area (Å²) < 4.78 is 36.9. The molecule has 5 nitrogen and oxygen atoms in total. The zero-order valence-electron chi connectivity index (χ0n) is 15.2. The van der Waals surface area contributed by atoms with Gasteiger partial charge in [-0.1, -0.05) is 6.07 Å². The van der Waals surface area contributed by atoms with Crippen molar-refractivity contribution in [2.24, 2.45) is 0 Å². The first-order chi connectivity index (χ1) is 12.4. The van der Waals surface area contributed by atoms with Crippen molar-refractivity contribution in [3.8, 4) is 11.5 Å². The molecule has 1 N–H and O–H groups in total. The molecule has 26 heavy (non-hydrogen) atoms. The molecule has 0 aliphatic heterocycles. The molecule has 0 spiro atoms. The zero-order chi connectivity index (χ0) is 19.3. The number of benzene rings is 2. The maximum atomic E-state index is 13.3.